The van der Waals surface area contributed by atoms with Gasteiger partial charge in [-0.3, -0.25) is 4.99 Å². The average molecular weight is 345 g/mol. The second kappa shape index (κ2) is 9.52. The van der Waals surface area contributed by atoms with Crippen molar-refractivity contribution in [1.82, 2.24) is 10.6 Å². The molecule has 5 nitrogen and oxygen atoms in total. The molecule has 1 unspecified atom stereocenters. The Morgan fingerprint density at radius 3 is 2.56 bits per heavy atom. The average Bonchev–Trinajstić information content (AvgIpc) is 2.62. The van der Waals surface area contributed by atoms with E-state index in [1.807, 2.05) is 37.3 Å². The van der Waals surface area contributed by atoms with E-state index >= 15 is 0 Å². The zero-order valence-corrected chi connectivity index (χ0v) is 14.8. The van der Waals surface area contributed by atoms with E-state index in [2.05, 4.69) is 15.6 Å². The number of hydrogen-bond donors (Lipinski definition) is 2. The fraction of sp³-hybridized carbons (Fsp3) is 0.316. The Bertz CT molecular complexity index is 707. The lowest BCUT2D eigenvalue weighted by Crippen LogP contribution is -2.41. The number of ether oxygens (including phenoxy) is 2. The highest BCUT2D eigenvalue weighted by Gasteiger charge is 2.09. The summed E-state index contributed by atoms with van der Waals surface area (Å²) in [6.07, 6.45) is -0.0935. The van der Waals surface area contributed by atoms with Gasteiger partial charge in [-0.2, -0.15) is 0 Å². The standard InChI is InChI=1S/C19H24FN3O2/c1-14(25-18-10-5-4-9-17(18)24-3)12-22-19(21-2)23-13-15-7-6-8-16(20)11-15/h4-11,14H,12-13H2,1-3H3,(H2,21,22,23). The summed E-state index contributed by atoms with van der Waals surface area (Å²) in [4.78, 5) is 4.16. The first-order valence-corrected chi connectivity index (χ1v) is 8.11. The van der Waals surface area contributed by atoms with Crippen molar-refractivity contribution in [1.29, 1.82) is 0 Å². The van der Waals surface area contributed by atoms with Crippen molar-refractivity contribution in [2.24, 2.45) is 4.99 Å². The highest BCUT2D eigenvalue weighted by Crippen LogP contribution is 2.26. The Balaban J connectivity index is 1.81. The first kappa shape index (κ1) is 18.6. The van der Waals surface area contributed by atoms with Gasteiger partial charge in [-0.15, -0.1) is 0 Å². The quantitative estimate of drug-likeness (QED) is 0.598. The molecule has 2 aromatic carbocycles. The van der Waals surface area contributed by atoms with Crippen LogP contribution < -0.4 is 20.1 Å². The number of benzene rings is 2. The molecular formula is C19H24FN3O2. The van der Waals surface area contributed by atoms with E-state index in [0.717, 1.165) is 5.56 Å². The van der Waals surface area contributed by atoms with E-state index in [9.17, 15) is 4.39 Å². The first-order valence-electron chi connectivity index (χ1n) is 8.11. The lowest BCUT2D eigenvalue weighted by molar-refractivity contribution is 0.213. The zero-order valence-electron chi connectivity index (χ0n) is 14.8. The molecule has 6 heteroatoms. The number of hydrogen-bond acceptors (Lipinski definition) is 3. The molecule has 0 radical (unpaired) electrons. The summed E-state index contributed by atoms with van der Waals surface area (Å²) < 4.78 is 24.4. The molecule has 2 rings (SSSR count). The van der Waals surface area contributed by atoms with Gasteiger partial charge in [0.1, 0.15) is 11.9 Å². The normalized spacial score (nSPS) is 12.4. The predicted molar refractivity (Wildman–Crippen MR) is 97.7 cm³/mol. The number of guanidine groups is 1. The topological polar surface area (TPSA) is 54.9 Å². The number of nitrogens with one attached hydrogen (secondary N) is 2. The smallest absolute Gasteiger partial charge is 0.191 e. The number of methoxy groups -OCH3 is 1. The molecule has 0 aromatic heterocycles. The van der Waals surface area contributed by atoms with Crippen LogP contribution in [-0.4, -0.2) is 32.8 Å². The van der Waals surface area contributed by atoms with Crippen LogP contribution in [0.25, 0.3) is 0 Å². The summed E-state index contributed by atoms with van der Waals surface area (Å²) in [5.74, 6) is 1.77. The molecule has 2 N–H and O–H groups in total. The number of aliphatic imine (C=N–C) groups is 1. The maximum atomic E-state index is 13.2. The second-order valence-corrected chi connectivity index (χ2v) is 5.52. The van der Waals surface area contributed by atoms with Crippen molar-refractivity contribution in [3.63, 3.8) is 0 Å². The predicted octanol–water partition coefficient (Wildman–Crippen LogP) is 2.97. The number of rotatable bonds is 7. The van der Waals surface area contributed by atoms with E-state index in [0.29, 0.717) is 30.5 Å². The Hall–Kier alpha value is -2.76. The molecule has 0 aliphatic heterocycles. The third kappa shape index (κ3) is 5.99. The van der Waals surface area contributed by atoms with Crippen LogP contribution >= 0.6 is 0 Å². The highest BCUT2D eigenvalue weighted by atomic mass is 19.1. The maximum absolute atomic E-state index is 13.2. The number of halogens is 1. The molecule has 25 heavy (non-hydrogen) atoms. The van der Waals surface area contributed by atoms with Gasteiger partial charge in [-0.05, 0) is 36.8 Å². The summed E-state index contributed by atoms with van der Waals surface area (Å²) in [5, 5.41) is 6.34. The lowest BCUT2D eigenvalue weighted by Gasteiger charge is -2.19. The minimum atomic E-state index is -0.249. The number of para-hydroxylation sites is 2. The van der Waals surface area contributed by atoms with Gasteiger partial charge in [-0.1, -0.05) is 24.3 Å². The van der Waals surface area contributed by atoms with Gasteiger partial charge >= 0.3 is 0 Å². The molecule has 0 fully saturated rings. The van der Waals surface area contributed by atoms with Gasteiger partial charge in [-0.25, -0.2) is 4.39 Å². The molecule has 2 aromatic rings. The van der Waals surface area contributed by atoms with Crippen LogP contribution in [0.15, 0.2) is 53.5 Å². The third-order valence-corrected chi connectivity index (χ3v) is 3.53. The molecule has 0 spiro atoms. The van der Waals surface area contributed by atoms with E-state index < -0.39 is 0 Å². The summed E-state index contributed by atoms with van der Waals surface area (Å²) in [5.41, 5.74) is 0.848. The van der Waals surface area contributed by atoms with Crippen LogP contribution in [0.5, 0.6) is 11.5 Å². The molecule has 0 saturated carbocycles. The van der Waals surface area contributed by atoms with Crippen LogP contribution in [-0.2, 0) is 6.54 Å². The monoisotopic (exact) mass is 345 g/mol. The van der Waals surface area contributed by atoms with Gasteiger partial charge in [0, 0.05) is 13.6 Å². The second-order valence-electron chi connectivity index (χ2n) is 5.52. The van der Waals surface area contributed by atoms with Crippen molar-refractivity contribution < 1.29 is 13.9 Å². The van der Waals surface area contributed by atoms with E-state index in [-0.39, 0.29) is 11.9 Å². The van der Waals surface area contributed by atoms with Crippen molar-refractivity contribution in [2.75, 3.05) is 20.7 Å². The largest absolute Gasteiger partial charge is 0.493 e. The zero-order chi connectivity index (χ0) is 18.1. The number of nitrogens with zero attached hydrogens (tertiary/aromatic N) is 1. The van der Waals surface area contributed by atoms with Gasteiger partial charge in [0.05, 0.1) is 13.7 Å². The first-order chi connectivity index (χ1) is 12.1. The maximum Gasteiger partial charge on any atom is 0.191 e. The fourth-order valence-corrected chi connectivity index (χ4v) is 2.27. The highest BCUT2D eigenvalue weighted by molar-refractivity contribution is 5.79. The molecule has 134 valence electrons. The van der Waals surface area contributed by atoms with Crippen LogP contribution in [0.2, 0.25) is 0 Å². The van der Waals surface area contributed by atoms with Crippen molar-refractivity contribution in [3.8, 4) is 11.5 Å². The summed E-state index contributed by atoms with van der Waals surface area (Å²) in [6, 6.07) is 14.0. The molecule has 0 saturated heterocycles. The molecule has 0 aliphatic rings. The minimum absolute atomic E-state index is 0.0935. The van der Waals surface area contributed by atoms with Crippen molar-refractivity contribution in [2.45, 2.75) is 19.6 Å². The fourth-order valence-electron chi connectivity index (χ4n) is 2.27. The van der Waals surface area contributed by atoms with E-state index in [1.165, 1.54) is 12.1 Å². The Labute approximate surface area is 147 Å². The third-order valence-electron chi connectivity index (χ3n) is 3.53. The van der Waals surface area contributed by atoms with Crippen LogP contribution in [0.1, 0.15) is 12.5 Å². The minimum Gasteiger partial charge on any atom is -0.493 e. The summed E-state index contributed by atoms with van der Waals surface area (Å²) in [7, 11) is 3.30. The van der Waals surface area contributed by atoms with Crippen LogP contribution in [0, 0.1) is 5.82 Å². The van der Waals surface area contributed by atoms with Crippen molar-refractivity contribution >= 4 is 5.96 Å². The molecule has 0 aliphatic carbocycles. The Kier molecular flexibility index (Phi) is 7.07. The lowest BCUT2D eigenvalue weighted by atomic mass is 10.2. The van der Waals surface area contributed by atoms with E-state index in [1.54, 1.807) is 20.2 Å². The SMILES string of the molecule is CN=C(NCc1cccc(F)c1)NCC(C)Oc1ccccc1OC. The summed E-state index contributed by atoms with van der Waals surface area (Å²) in [6.45, 7) is 3.00. The van der Waals surface area contributed by atoms with Gasteiger partial charge in [0.15, 0.2) is 17.5 Å². The van der Waals surface area contributed by atoms with Gasteiger partial charge in [0.25, 0.3) is 0 Å². The van der Waals surface area contributed by atoms with E-state index in [4.69, 9.17) is 9.47 Å². The Morgan fingerprint density at radius 2 is 1.88 bits per heavy atom. The van der Waals surface area contributed by atoms with Crippen molar-refractivity contribution in [3.05, 3.63) is 59.9 Å². The van der Waals surface area contributed by atoms with Crippen LogP contribution in [0.3, 0.4) is 0 Å². The Morgan fingerprint density at radius 1 is 1.12 bits per heavy atom. The van der Waals surface area contributed by atoms with Gasteiger partial charge < -0.3 is 20.1 Å². The molecule has 1 atom stereocenters. The molecule has 0 bridgehead atoms. The molecular weight excluding hydrogens is 321 g/mol. The molecule has 0 amide bonds. The van der Waals surface area contributed by atoms with Crippen LogP contribution in [0.4, 0.5) is 4.39 Å². The van der Waals surface area contributed by atoms with Gasteiger partial charge in [0.2, 0.25) is 0 Å². The summed E-state index contributed by atoms with van der Waals surface area (Å²) >= 11 is 0. The molecule has 0 heterocycles.